The monoisotopic (exact) mass is 563 g/mol. The van der Waals surface area contributed by atoms with Crippen molar-refractivity contribution in [3.8, 4) is 0 Å². The predicted molar refractivity (Wildman–Crippen MR) is 157 cm³/mol. The first-order valence-electron chi connectivity index (χ1n) is 13.5. The maximum absolute atomic E-state index is 11.7. The van der Waals surface area contributed by atoms with Gasteiger partial charge in [0.1, 0.15) is 0 Å². The van der Waals surface area contributed by atoms with Crippen molar-refractivity contribution in [2.24, 2.45) is 5.92 Å². The molecule has 0 radical (unpaired) electrons. The molecule has 0 aliphatic carbocycles. The Morgan fingerprint density at radius 3 is 2.15 bits per heavy atom. The lowest BCUT2D eigenvalue weighted by atomic mass is 9.91. The van der Waals surface area contributed by atoms with E-state index in [0.717, 1.165) is 38.6 Å². The predicted octanol–water partition coefficient (Wildman–Crippen LogP) is 5.54. The first kappa shape index (κ1) is 29.6. The Morgan fingerprint density at radius 1 is 0.875 bits per heavy atom. The number of nitrogens with one attached hydrogen (secondary N) is 3. The second kappa shape index (κ2) is 14.3. The third-order valence-electron chi connectivity index (χ3n) is 6.75. The second-order valence-corrected chi connectivity index (χ2v) is 10.9. The van der Waals surface area contributed by atoms with E-state index in [9.17, 15) is 14.7 Å². The molecule has 212 valence electrons. The van der Waals surface area contributed by atoms with E-state index in [0.29, 0.717) is 13.1 Å². The van der Waals surface area contributed by atoms with E-state index in [1.807, 2.05) is 79.7 Å². The van der Waals surface area contributed by atoms with E-state index < -0.39 is 6.29 Å². The van der Waals surface area contributed by atoms with Gasteiger partial charge in [-0.05, 0) is 47.9 Å². The van der Waals surface area contributed by atoms with Crippen LogP contribution in [-0.2, 0) is 27.4 Å². The average molecular weight is 564 g/mol. The van der Waals surface area contributed by atoms with Gasteiger partial charge < -0.3 is 30.5 Å². The molecule has 0 saturated carbocycles. The van der Waals surface area contributed by atoms with Gasteiger partial charge in [0.25, 0.3) is 0 Å². The van der Waals surface area contributed by atoms with Crippen LogP contribution < -0.4 is 16.0 Å². The number of urea groups is 1. The highest BCUT2D eigenvalue weighted by Crippen LogP contribution is 2.43. The fourth-order valence-electron chi connectivity index (χ4n) is 4.52. The van der Waals surface area contributed by atoms with Crippen LogP contribution in [0.4, 0.5) is 10.5 Å². The maximum atomic E-state index is 11.7. The standard InChI is InChI=1S/C31H37N3O5S/c1-4-32-31(37)33-17-22-5-11-25(12-6-22)30-38-28(19-40-27-15-13-26(14-16-27)34-21(3)36)20(2)29(39-30)24-9-7-23(18-35)8-10-24/h5-16,20,28-30,35H,4,17-19H2,1-3H3,(H,34,36)(H2,32,33,37)/t20-,28+,29+,30+/m0/s1. The molecule has 3 aromatic rings. The molecule has 8 nitrogen and oxygen atoms in total. The summed E-state index contributed by atoms with van der Waals surface area (Å²) in [6.07, 6.45) is -0.851. The summed E-state index contributed by atoms with van der Waals surface area (Å²) in [6, 6.07) is 23.4. The molecule has 0 unspecified atom stereocenters. The Bertz CT molecular complexity index is 1250. The molecule has 4 atom stereocenters. The Balaban J connectivity index is 1.49. The van der Waals surface area contributed by atoms with Crippen molar-refractivity contribution in [3.05, 3.63) is 95.1 Å². The third-order valence-corrected chi connectivity index (χ3v) is 7.86. The van der Waals surface area contributed by atoms with Crippen LogP contribution in [0, 0.1) is 5.92 Å². The fraction of sp³-hybridized carbons (Fsp3) is 0.355. The van der Waals surface area contributed by atoms with Gasteiger partial charge in [0, 0.05) is 47.8 Å². The van der Waals surface area contributed by atoms with Gasteiger partial charge in [0.05, 0.1) is 18.8 Å². The number of rotatable bonds is 10. The molecule has 9 heteroatoms. The lowest BCUT2D eigenvalue weighted by Crippen LogP contribution is -2.38. The number of thioether (sulfide) groups is 1. The van der Waals surface area contributed by atoms with Crippen molar-refractivity contribution in [2.45, 2.75) is 57.3 Å². The fourth-order valence-corrected chi connectivity index (χ4v) is 5.59. The molecule has 1 heterocycles. The quantitative estimate of drug-likeness (QED) is 0.241. The molecule has 1 fully saturated rings. The van der Waals surface area contributed by atoms with E-state index in [4.69, 9.17) is 9.47 Å². The SMILES string of the molecule is CCNC(=O)NCc1ccc([C@@H]2O[C@H](CSc3ccc(NC(C)=O)cc3)[C@H](C)[C@H](c3ccc(CO)cc3)O2)cc1. The second-order valence-electron chi connectivity index (χ2n) is 9.79. The molecule has 1 saturated heterocycles. The zero-order valence-electron chi connectivity index (χ0n) is 23.1. The molecule has 0 bridgehead atoms. The van der Waals surface area contributed by atoms with Crippen LogP contribution in [0.25, 0.3) is 0 Å². The summed E-state index contributed by atoms with van der Waals surface area (Å²) >= 11 is 1.70. The van der Waals surface area contributed by atoms with Crippen LogP contribution in [-0.4, -0.2) is 35.4 Å². The van der Waals surface area contributed by atoms with Gasteiger partial charge in [-0.25, -0.2) is 4.79 Å². The van der Waals surface area contributed by atoms with Gasteiger partial charge in [-0.3, -0.25) is 4.79 Å². The van der Waals surface area contributed by atoms with E-state index in [2.05, 4.69) is 22.9 Å². The Kier molecular flexibility index (Phi) is 10.6. The van der Waals surface area contributed by atoms with Crippen molar-refractivity contribution < 1.29 is 24.2 Å². The first-order valence-corrected chi connectivity index (χ1v) is 14.5. The molecule has 3 amide bonds. The Hall–Kier alpha value is -3.37. The van der Waals surface area contributed by atoms with Gasteiger partial charge in [-0.1, -0.05) is 55.5 Å². The molecule has 1 aliphatic heterocycles. The first-order chi connectivity index (χ1) is 19.4. The number of aliphatic hydroxyl groups is 1. The van der Waals surface area contributed by atoms with Crippen LogP contribution in [0.5, 0.6) is 0 Å². The number of anilines is 1. The minimum Gasteiger partial charge on any atom is -0.392 e. The summed E-state index contributed by atoms with van der Waals surface area (Å²) in [6.45, 7) is 6.51. The molecule has 0 spiro atoms. The van der Waals surface area contributed by atoms with Crippen LogP contribution >= 0.6 is 11.8 Å². The number of aliphatic hydroxyl groups excluding tert-OH is 1. The molecule has 4 N–H and O–H groups in total. The summed E-state index contributed by atoms with van der Waals surface area (Å²) in [4.78, 5) is 24.1. The molecular formula is C31H37N3O5S. The van der Waals surface area contributed by atoms with E-state index in [-0.39, 0.29) is 36.7 Å². The molecule has 40 heavy (non-hydrogen) atoms. The molecule has 0 aromatic heterocycles. The largest absolute Gasteiger partial charge is 0.392 e. The summed E-state index contributed by atoms with van der Waals surface area (Å²) in [5.74, 6) is 0.698. The van der Waals surface area contributed by atoms with Gasteiger partial charge in [0.15, 0.2) is 6.29 Å². The zero-order chi connectivity index (χ0) is 28.5. The average Bonchev–Trinajstić information content (AvgIpc) is 2.96. The zero-order valence-corrected chi connectivity index (χ0v) is 23.9. The number of benzene rings is 3. The van der Waals surface area contributed by atoms with E-state index in [1.54, 1.807) is 11.8 Å². The number of carbonyl (C=O) groups is 2. The molecular weight excluding hydrogens is 526 g/mol. The molecule has 1 aliphatic rings. The van der Waals surface area contributed by atoms with Gasteiger partial charge >= 0.3 is 6.03 Å². The smallest absolute Gasteiger partial charge is 0.315 e. The summed E-state index contributed by atoms with van der Waals surface area (Å²) < 4.78 is 13.1. The summed E-state index contributed by atoms with van der Waals surface area (Å²) in [5, 5.41) is 17.8. The topological polar surface area (TPSA) is 109 Å². The van der Waals surface area contributed by atoms with Crippen LogP contribution in [0.3, 0.4) is 0 Å². The highest BCUT2D eigenvalue weighted by Gasteiger charge is 2.38. The highest BCUT2D eigenvalue weighted by molar-refractivity contribution is 7.99. The van der Waals surface area contributed by atoms with Crippen LogP contribution in [0.15, 0.2) is 77.7 Å². The van der Waals surface area contributed by atoms with Crippen LogP contribution in [0.2, 0.25) is 0 Å². The normalized spacial score (nSPS) is 20.5. The minimum atomic E-state index is -0.558. The van der Waals surface area contributed by atoms with Crippen LogP contribution in [0.1, 0.15) is 55.4 Å². The van der Waals surface area contributed by atoms with Gasteiger partial charge in [0.2, 0.25) is 5.91 Å². The van der Waals surface area contributed by atoms with Crippen molar-refractivity contribution in [1.29, 1.82) is 0 Å². The van der Waals surface area contributed by atoms with Crippen molar-refractivity contribution in [3.63, 3.8) is 0 Å². The number of hydrogen-bond acceptors (Lipinski definition) is 6. The van der Waals surface area contributed by atoms with Crippen molar-refractivity contribution in [1.82, 2.24) is 10.6 Å². The lowest BCUT2D eigenvalue weighted by Gasteiger charge is -2.41. The third kappa shape index (κ3) is 8.08. The summed E-state index contributed by atoms with van der Waals surface area (Å²) in [7, 11) is 0. The molecule has 4 rings (SSSR count). The van der Waals surface area contributed by atoms with E-state index in [1.165, 1.54) is 6.92 Å². The summed E-state index contributed by atoms with van der Waals surface area (Å²) in [5.41, 5.74) is 4.54. The van der Waals surface area contributed by atoms with Gasteiger partial charge in [-0.15, -0.1) is 11.8 Å². The maximum Gasteiger partial charge on any atom is 0.315 e. The number of ether oxygens (including phenoxy) is 2. The lowest BCUT2D eigenvalue weighted by molar-refractivity contribution is -0.268. The van der Waals surface area contributed by atoms with Crippen molar-refractivity contribution >= 4 is 29.4 Å². The Labute approximate surface area is 239 Å². The van der Waals surface area contributed by atoms with E-state index >= 15 is 0 Å². The number of amides is 3. The van der Waals surface area contributed by atoms with Crippen molar-refractivity contribution in [2.75, 3.05) is 17.6 Å². The highest BCUT2D eigenvalue weighted by atomic mass is 32.2. The number of hydrogen-bond donors (Lipinski definition) is 4. The number of carbonyl (C=O) groups excluding carboxylic acids is 2. The Morgan fingerprint density at radius 2 is 1.52 bits per heavy atom. The molecule has 3 aromatic carbocycles. The van der Waals surface area contributed by atoms with Gasteiger partial charge in [-0.2, -0.15) is 0 Å². The minimum absolute atomic E-state index is 0.00556.